The minimum Gasteiger partial charge on any atom is -0.179 e. The first kappa shape index (κ1) is 49.6. The van der Waals surface area contributed by atoms with Gasteiger partial charge in [-0.05, 0) is 97.4 Å². The molecule has 0 spiro atoms. The monoisotopic (exact) mass is 908 g/mol. The minimum absolute atomic E-state index is 1.04. The van der Waals surface area contributed by atoms with Gasteiger partial charge in [0.15, 0.2) is 0 Å². The summed E-state index contributed by atoms with van der Waals surface area (Å²) < 4.78 is 9.51. The Bertz CT molecular complexity index is 779. The van der Waals surface area contributed by atoms with Crippen molar-refractivity contribution in [1.29, 1.82) is 0 Å². The molecule has 50 heavy (non-hydrogen) atoms. The highest BCUT2D eigenvalue weighted by Gasteiger charge is 2.30. The highest BCUT2D eigenvalue weighted by Crippen LogP contribution is 2.66. The molecule has 2 heterocycles. The van der Waals surface area contributed by atoms with Crippen molar-refractivity contribution in [1.82, 2.24) is 0 Å². The second-order valence-corrected chi connectivity index (χ2v) is 24.7. The molecule has 0 radical (unpaired) electrons. The zero-order valence-electron chi connectivity index (χ0n) is 30.7. The van der Waals surface area contributed by atoms with Gasteiger partial charge in [0.2, 0.25) is 0 Å². The molecule has 12 heteroatoms. The van der Waals surface area contributed by atoms with Gasteiger partial charge in [-0.25, -0.2) is 0 Å². The molecule has 0 aromatic heterocycles. The van der Waals surface area contributed by atoms with Crippen molar-refractivity contribution >= 4 is 145 Å². The van der Waals surface area contributed by atoms with Crippen LogP contribution >= 0.6 is 145 Å². The van der Waals surface area contributed by atoms with Gasteiger partial charge in [0, 0.05) is 0 Å². The average molecular weight is 910 g/mol. The van der Waals surface area contributed by atoms with Crippen LogP contribution in [0.5, 0.6) is 0 Å². The smallest absolute Gasteiger partial charge is 0.0717 e. The van der Waals surface area contributed by atoms with Crippen molar-refractivity contribution < 1.29 is 0 Å². The Morgan fingerprint density at radius 2 is 0.440 bits per heavy atom. The SMILES string of the molecule is SCCCCCCCCSC1=C(SCCCCCCCCS)SC(=C2SC(SCCCCCCCCS)=C(SCCCCCCCCS)S2)S1. The molecular weight excluding hydrogens is 841 g/mol. The maximum Gasteiger partial charge on any atom is 0.0717 e. The van der Waals surface area contributed by atoms with E-state index in [4.69, 9.17) is 0 Å². The van der Waals surface area contributed by atoms with Gasteiger partial charge in [-0.1, -0.05) is 150 Å². The largest absolute Gasteiger partial charge is 0.179 e. The third kappa shape index (κ3) is 25.6. The first-order chi connectivity index (χ1) is 24.7. The topological polar surface area (TPSA) is 0 Å². The molecule has 0 unspecified atom stereocenters. The van der Waals surface area contributed by atoms with Crippen LogP contribution < -0.4 is 0 Å². The van der Waals surface area contributed by atoms with E-state index in [2.05, 4.69) is 145 Å². The summed E-state index contributed by atoms with van der Waals surface area (Å²) in [4.78, 5) is 0. The maximum absolute atomic E-state index is 4.38. The zero-order valence-corrected chi connectivity index (χ0v) is 40.8. The fourth-order valence-electron chi connectivity index (χ4n) is 5.41. The summed E-state index contributed by atoms with van der Waals surface area (Å²) in [6, 6.07) is 0. The van der Waals surface area contributed by atoms with E-state index in [9.17, 15) is 0 Å². The molecule has 2 aliphatic heterocycles. The summed E-state index contributed by atoms with van der Waals surface area (Å²) in [5.74, 6) is 9.19. The standard InChI is InChI=1S/C38H68S12/c39-25-17-9-1-5-13-21-29-43-33-34(44-30-22-14-6-2-10-18-26-40)48-37(47-33)38-49-35(45-31-23-15-7-3-11-19-27-41)36(50-38)46-32-24-16-8-4-12-20-28-42/h39-42H,1-32H2. The fraction of sp³-hybridized carbons (Fsp3) is 0.842. The van der Waals surface area contributed by atoms with Crippen molar-refractivity contribution in [2.24, 2.45) is 0 Å². The molecule has 0 N–H and O–H groups in total. The molecule has 0 aromatic carbocycles. The molecule has 0 saturated carbocycles. The first-order valence-electron chi connectivity index (χ1n) is 19.6. The predicted molar refractivity (Wildman–Crippen MR) is 267 cm³/mol. The zero-order chi connectivity index (χ0) is 35.7. The number of rotatable bonds is 36. The van der Waals surface area contributed by atoms with Crippen molar-refractivity contribution in [2.45, 2.75) is 154 Å². The van der Waals surface area contributed by atoms with E-state index in [0.717, 1.165) is 23.0 Å². The molecule has 0 aromatic rings. The molecule has 0 amide bonds. The maximum atomic E-state index is 4.38. The molecule has 292 valence electrons. The molecule has 2 rings (SSSR count). The highest BCUT2D eigenvalue weighted by molar-refractivity contribution is 8.45. The van der Waals surface area contributed by atoms with Crippen LogP contribution in [0, 0.1) is 0 Å². The summed E-state index contributed by atoms with van der Waals surface area (Å²) in [5, 5.41) is 0. The van der Waals surface area contributed by atoms with Gasteiger partial charge in [0.1, 0.15) is 0 Å². The molecular formula is C38H68S12. The lowest BCUT2D eigenvalue weighted by molar-refractivity contribution is 0.629. The van der Waals surface area contributed by atoms with E-state index < -0.39 is 0 Å². The van der Waals surface area contributed by atoms with Crippen molar-refractivity contribution in [3.05, 3.63) is 25.4 Å². The van der Waals surface area contributed by atoms with E-state index in [-0.39, 0.29) is 0 Å². The van der Waals surface area contributed by atoms with Crippen LogP contribution in [0.3, 0.4) is 0 Å². The normalized spacial score (nSPS) is 15.1. The molecule has 0 aliphatic carbocycles. The quantitative estimate of drug-likeness (QED) is 0.0358. The van der Waals surface area contributed by atoms with Crippen LogP contribution in [0.2, 0.25) is 0 Å². The number of thiol groups is 4. The van der Waals surface area contributed by atoms with Crippen LogP contribution in [0.25, 0.3) is 0 Å². The summed E-state index contributed by atoms with van der Waals surface area (Å²) in [5.41, 5.74) is 0. The Morgan fingerprint density at radius 1 is 0.260 bits per heavy atom. The van der Waals surface area contributed by atoms with Crippen LogP contribution in [-0.2, 0) is 0 Å². The fourth-order valence-corrected chi connectivity index (χ4v) is 18.6. The second kappa shape index (κ2) is 36.7. The lowest BCUT2D eigenvalue weighted by Crippen LogP contribution is -1.85. The van der Waals surface area contributed by atoms with Crippen molar-refractivity contribution in [3.63, 3.8) is 0 Å². The van der Waals surface area contributed by atoms with Gasteiger partial charge in [0.05, 0.1) is 25.4 Å². The van der Waals surface area contributed by atoms with Gasteiger partial charge in [-0.15, -0.1) is 47.0 Å². The summed E-state index contributed by atoms with van der Waals surface area (Å²) in [7, 11) is 0. The molecule has 0 fully saturated rings. The van der Waals surface area contributed by atoms with Gasteiger partial charge >= 0.3 is 0 Å². The highest BCUT2D eigenvalue weighted by atomic mass is 32.3. The summed E-state index contributed by atoms with van der Waals surface area (Å²) in [6.45, 7) is 0. The second-order valence-electron chi connectivity index (χ2n) is 12.9. The van der Waals surface area contributed by atoms with E-state index in [1.54, 1.807) is 25.4 Å². The number of unbranched alkanes of at least 4 members (excludes halogenated alkanes) is 20. The number of hydrogen-bond acceptors (Lipinski definition) is 12. The molecule has 2 aliphatic rings. The number of thioether (sulfide) groups is 8. The number of hydrogen-bond donors (Lipinski definition) is 4. The first-order valence-corrected chi connectivity index (χ1v) is 29.4. The van der Waals surface area contributed by atoms with Crippen LogP contribution in [0.1, 0.15) is 154 Å². The molecule has 0 nitrogen and oxygen atoms in total. The van der Waals surface area contributed by atoms with Gasteiger partial charge < -0.3 is 0 Å². The minimum atomic E-state index is 1.04. The Balaban J connectivity index is 1.94. The molecule has 0 saturated heterocycles. The Kier molecular flexibility index (Phi) is 36.4. The third-order valence-electron chi connectivity index (χ3n) is 8.38. The average Bonchev–Trinajstić information content (AvgIpc) is 3.73. The van der Waals surface area contributed by atoms with Crippen LogP contribution in [0.15, 0.2) is 25.4 Å². The molecule has 0 atom stereocenters. The Hall–Kier alpha value is 3.42. The lowest BCUT2D eigenvalue weighted by atomic mass is 10.1. The third-order valence-corrected chi connectivity index (χ3v) is 21.6. The van der Waals surface area contributed by atoms with Gasteiger partial charge in [-0.2, -0.15) is 50.5 Å². The van der Waals surface area contributed by atoms with E-state index in [1.165, 1.54) is 177 Å². The van der Waals surface area contributed by atoms with Crippen molar-refractivity contribution in [2.75, 3.05) is 46.0 Å². The summed E-state index contributed by atoms with van der Waals surface area (Å²) >= 11 is 34.5. The lowest BCUT2D eigenvalue weighted by Gasteiger charge is -2.06. The van der Waals surface area contributed by atoms with Gasteiger partial charge in [-0.3, -0.25) is 0 Å². The molecule has 0 bridgehead atoms. The van der Waals surface area contributed by atoms with Gasteiger partial charge in [0.25, 0.3) is 0 Å². The predicted octanol–water partition coefficient (Wildman–Crippen LogP) is 17.3. The van der Waals surface area contributed by atoms with Crippen molar-refractivity contribution in [3.8, 4) is 0 Å². The van der Waals surface area contributed by atoms with E-state index >= 15 is 0 Å². The van der Waals surface area contributed by atoms with E-state index in [1.807, 2.05) is 0 Å². The van der Waals surface area contributed by atoms with E-state index in [0.29, 0.717) is 0 Å². The Labute approximate surface area is 366 Å². The summed E-state index contributed by atoms with van der Waals surface area (Å²) in [6.07, 6.45) is 32.3. The Morgan fingerprint density at radius 3 is 0.640 bits per heavy atom. The van der Waals surface area contributed by atoms with Crippen LogP contribution in [-0.4, -0.2) is 46.0 Å². The van der Waals surface area contributed by atoms with Crippen LogP contribution in [0.4, 0.5) is 0 Å².